The van der Waals surface area contributed by atoms with Crippen LogP contribution in [0.2, 0.25) is 0 Å². The summed E-state index contributed by atoms with van der Waals surface area (Å²) >= 11 is 0. The van der Waals surface area contributed by atoms with Crippen molar-refractivity contribution >= 4 is 17.3 Å². The molecule has 2 rings (SSSR count). The first kappa shape index (κ1) is 15.8. The third kappa shape index (κ3) is 3.37. The minimum Gasteiger partial charge on any atom is -0.376 e. The normalized spacial score (nSPS) is 17.2. The van der Waals surface area contributed by atoms with E-state index in [4.69, 9.17) is 4.74 Å². The van der Waals surface area contributed by atoms with Gasteiger partial charge in [-0.05, 0) is 19.8 Å². The Hall–Kier alpha value is -2.55. The van der Waals surface area contributed by atoms with Gasteiger partial charge in [0.1, 0.15) is 0 Å². The molecule has 9 nitrogen and oxygen atoms in total. The van der Waals surface area contributed by atoms with Gasteiger partial charge in [0.2, 0.25) is 0 Å². The van der Waals surface area contributed by atoms with Crippen molar-refractivity contribution in [2.24, 2.45) is 0 Å². The second-order valence-corrected chi connectivity index (χ2v) is 5.00. The maximum atomic E-state index is 12.2. The molecule has 0 bridgehead atoms. The molecule has 9 heteroatoms. The number of benzene rings is 1. The lowest BCUT2D eigenvalue weighted by molar-refractivity contribution is -0.394. The van der Waals surface area contributed by atoms with Crippen LogP contribution < -0.4 is 5.32 Å². The highest BCUT2D eigenvalue weighted by Gasteiger charge is 2.25. The molecule has 1 unspecified atom stereocenters. The predicted molar refractivity (Wildman–Crippen MR) is 75.8 cm³/mol. The number of hydrogen-bond acceptors (Lipinski definition) is 6. The van der Waals surface area contributed by atoms with Crippen LogP contribution in [0.3, 0.4) is 0 Å². The van der Waals surface area contributed by atoms with E-state index < -0.39 is 27.1 Å². The molecule has 0 spiro atoms. The quantitative estimate of drug-likeness (QED) is 0.652. The Balaban J connectivity index is 2.25. The molecular formula is C13H15N3O6. The maximum Gasteiger partial charge on any atom is 0.279 e. The minimum absolute atomic E-state index is 0.0705. The Bertz CT molecular complexity index is 624. The SMILES string of the molecule is Cc1c(C(=O)NCC2CCCO2)cc([N+](=O)[O-])cc1[N+](=O)[O-]. The first-order valence-electron chi connectivity index (χ1n) is 6.73. The van der Waals surface area contributed by atoms with Crippen LogP contribution in [0.1, 0.15) is 28.8 Å². The molecule has 0 aromatic heterocycles. The topological polar surface area (TPSA) is 125 Å². The monoisotopic (exact) mass is 309 g/mol. The highest BCUT2D eigenvalue weighted by molar-refractivity contribution is 5.97. The Morgan fingerprint density at radius 2 is 2.09 bits per heavy atom. The van der Waals surface area contributed by atoms with Gasteiger partial charge in [-0.2, -0.15) is 0 Å². The number of nitrogens with zero attached hydrogens (tertiary/aromatic N) is 2. The first-order valence-corrected chi connectivity index (χ1v) is 6.73. The summed E-state index contributed by atoms with van der Waals surface area (Å²) in [6, 6.07) is 1.90. The molecule has 1 atom stereocenters. The molecule has 1 amide bonds. The second kappa shape index (κ2) is 6.48. The van der Waals surface area contributed by atoms with Crippen molar-refractivity contribution in [3.05, 3.63) is 43.5 Å². The average Bonchev–Trinajstić information content (AvgIpc) is 2.97. The fraction of sp³-hybridized carbons (Fsp3) is 0.462. The van der Waals surface area contributed by atoms with Crippen molar-refractivity contribution in [1.82, 2.24) is 5.32 Å². The number of carbonyl (C=O) groups is 1. The Morgan fingerprint density at radius 1 is 1.36 bits per heavy atom. The van der Waals surface area contributed by atoms with Crippen LogP contribution in [0.4, 0.5) is 11.4 Å². The van der Waals surface area contributed by atoms with Gasteiger partial charge in [0.25, 0.3) is 17.3 Å². The number of nitrogens with one attached hydrogen (secondary N) is 1. The van der Waals surface area contributed by atoms with E-state index in [2.05, 4.69) is 5.32 Å². The molecule has 1 saturated heterocycles. The molecule has 118 valence electrons. The van der Waals surface area contributed by atoms with Crippen molar-refractivity contribution in [1.29, 1.82) is 0 Å². The number of ether oxygens (including phenoxy) is 1. The van der Waals surface area contributed by atoms with Crippen LogP contribution in [-0.4, -0.2) is 35.0 Å². The summed E-state index contributed by atoms with van der Waals surface area (Å²) in [4.78, 5) is 32.5. The zero-order valence-electron chi connectivity index (χ0n) is 11.9. The smallest absolute Gasteiger partial charge is 0.279 e. The van der Waals surface area contributed by atoms with Crippen LogP contribution >= 0.6 is 0 Å². The van der Waals surface area contributed by atoms with Gasteiger partial charge >= 0.3 is 0 Å². The average molecular weight is 309 g/mol. The molecule has 1 aliphatic rings. The zero-order valence-corrected chi connectivity index (χ0v) is 11.9. The van der Waals surface area contributed by atoms with Gasteiger partial charge in [0, 0.05) is 24.8 Å². The van der Waals surface area contributed by atoms with Gasteiger partial charge in [-0.1, -0.05) is 0 Å². The summed E-state index contributed by atoms with van der Waals surface area (Å²) in [6.45, 7) is 2.31. The van der Waals surface area contributed by atoms with Crippen molar-refractivity contribution < 1.29 is 19.4 Å². The van der Waals surface area contributed by atoms with Crippen molar-refractivity contribution in [2.75, 3.05) is 13.2 Å². The Morgan fingerprint density at radius 3 is 2.64 bits per heavy atom. The fourth-order valence-corrected chi connectivity index (χ4v) is 2.32. The van der Waals surface area contributed by atoms with E-state index in [9.17, 15) is 25.0 Å². The molecule has 1 aliphatic heterocycles. The first-order chi connectivity index (χ1) is 10.4. The standard InChI is InChI=1S/C13H15N3O6/c1-8-11(13(17)14-7-10-3-2-4-22-10)5-9(15(18)19)6-12(8)16(20)21/h5-6,10H,2-4,7H2,1H3,(H,14,17). The highest BCUT2D eigenvalue weighted by Crippen LogP contribution is 2.28. The molecule has 0 saturated carbocycles. The lowest BCUT2D eigenvalue weighted by atomic mass is 10.0. The minimum atomic E-state index is -0.761. The van der Waals surface area contributed by atoms with E-state index in [1.165, 1.54) is 6.92 Å². The number of rotatable bonds is 5. The van der Waals surface area contributed by atoms with Crippen LogP contribution in [-0.2, 0) is 4.74 Å². The molecule has 1 fully saturated rings. The Labute approximate surface area is 125 Å². The van der Waals surface area contributed by atoms with Gasteiger partial charge in [-0.3, -0.25) is 25.0 Å². The van der Waals surface area contributed by atoms with Gasteiger partial charge in [-0.25, -0.2) is 0 Å². The Kier molecular flexibility index (Phi) is 4.66. The van der Waals surface area contributed by atoms with Crippen molar-refractivity contribution in [3.63, 3.8) is 0 Å². The fourth-order valence-electron chi connectivity index (χ4n) is 2.32. The van der Waals surface area contributed by atoms with E-state index in [1.807, 2.05) is 0 Å². The molecule has 0 aliphatic carbocycles. The summed E-state index contributed by atoms with van der Waals surface area (Å²) in [5.74, 6) is -0.584. The van der Waals surface area contributed by atoms with E-state index >= 15 is 0 Å². The number of nitro groups is 2. The lowest BCUT2D eigenvalue weighted by Gasteiger charge is -2.12. The van der Waals surface area contributed by atoms with Crippen LogP contribution in [0.5, 0.6) is 0 Å². The molecule has 1 heterocycles. The maximum absolute atomic E-state index is 12.2. The summed E-state index contributed by atoms with van der Waals surface area (Å²) in [5, 5.41) is 24.4. The van der Waals surface area contributed by atoms with Crippen molar-refractivity contribution in [2.45, 2.75) is 25.9 Å². The summed E-state index contributed by atoms with van der Waals surface area (Å²) in [7, 11) is 0. The number of hydrogen-bond donors (Lipinski definition) is 1. The number of carbonyl (C=O) groups excluding carboxylic acids is 1. The predicted octanol–water partition coefficient (Wildman–Crippen LogP) is 1.72. The third-order valence-electron chi connectivity index (χ3n) is 3.53. The summed E-state index contributed by atoms with van der Waals surface area (Å²) in [5.41, 5.74) is -0.907. The number of amides is 1. The van der Waals surface area contributed by atoms with E-state index in [0.717, 1.165) is 25.0 Å². The molecular weight excluding hydrogens is 294 g/mol. The molecule has 0 radical (unpaired) electrons. The summed E-state index contributed by atoms with van der Waals surface area (Å²) in [6.07, 6.45) is 1.66. The van der Waals surface area contributed by atoms with Crippen LogP contribution in [0, 0.1) is 27.2 Å². The largest absolute Gasteiger partial charge is 0.376 e. The molecule has 1 N–H and O–H groups in total. The van der Waals surface area contributed by atoms with Gasteiger partial charge < -0.3 is 10.1 Å². The molecule has 1 aromatic rings. The van der Waals surface area contributed by atoms with Crippen molar-refractivity contribution in [3.8, 4) is 0 Å². The van der Waals surface area contributed by atoms with Gasteiger partial charge in [0.15, 0.2) is 0 Å². The second-order valence-electron chi connectivity index (χ2n) is 5.00. The van der Waals surface area contributed by atoms with Gasteiger partial charge in [0.05, 0.1) is 27.6 Å². The number of non-ortho nitro benzene ring substituents is 1. The van der Waals surface area contributed by atoms with Crippen LogP contribution in [0.15, 0.2) is 12.1 Å². The molecule has 1 aromatic carbocycles. The van der Waals surface area contributed by atoms with E-state index in [1.54, 1.807) is 0 Å². The lowest BCUT2D eigenvalue weighted by Crippen LogP contribution is -2.32. The molecule has 22 heavy (non-hydrogen) atoms. The zero-order chi connectivity index (χ0) is 16.3. The van der Waals surface area contributed by atoms with E-state index in [0.29, 0.717) is 6.61 Å². The van der Waals surface area contributed by atoms with E-state index in [-0.39, 0.29) is 23.8 Å². The van der Waals surface area contributed by atoms with Crippen LogP contribution in [0.25, 0.3) is 0 Å². The van der Waals surface area contributed by atoms with Gasteiger partial charge in [-0.15, -0.1) is 0 Å². The highest BCUT2D eigenvalue weighted by atomic mass is 16.6. The third-order valence-corrected chi connectivity index (χ3v) is 3.53. The summed E-state index contributed by atoms with van der Waals surface area (Å²) < 4.78 is 5.36. The number of nitro benzene ring substituents is 2.